The summed E-state index contributed by atoms with van der Waals surface area (Å²) in [6, 6.07) is 66.8. The van der Waals surface area contributed by atoms with Gasteiger partial charge in [-0.25, -0.2) is 4.99 Å². The highest BCUT2D eigenvalue weighted by Crippen LogP contribution is 2.42. The van der Waals surface area contributed by atoms with Crippen molar-refractivity contribution in [1.82, 2.24) is 19.8 Å². The quantitative estimate of drug-likeness (QED) is 0.185. The van der Waals surface area contributed by atoms with E-state index in [1.54, 1.807) is 0 Å². The average Bonchev–Trinajstić information content (AvgIpc) is 3.92. The fraction of sp³-hybridized carbons (Fsp3) is 0.0392. The van der Waals surface area contributed by atoms with E-state index in [1.165, 1.54) is 16.2 Å². The Hall–Kier alpha value is -7.41. The lowest BCUT2D eigenvalue weighted by Crippen LogP contribution is -2.44. The maximum absolute atomic E-state index is 6.44. The zero-order chi connectivity index (χ0) is 37.5. The molecule has 8 aromatic carbocycles. The summed E-state index contributed by atoms with van der Waals surface area (Å²) in [5, 5.41) is 14.5. The first kappa shape index (κ1) is 31.9. The van der Waals surface area contributed by atoms with E-state index in [-0.39, 0.29) is 12.3 Å². The number of fused-ring (bicyclic) bond motifs is 9. The summed E-state index contributed by atoms with van der Waals surface area (Å²) in [5.41, 5.74) is 11.9. The fourth-order valence-electron chi connectivity index (χ4n) is 8.95. The van der Waals surface area contributed by atoms with Crippen LogP contribution in [-0.2, 0) is 0 Å². The lowest BCUT2D eigenvalue weighted by atomic mass is 10.1. The van der Waals surface area contributed by atoms with Gasteiger partial charge in [-0.2, -0.15) is 0 Å². The molecule has 0 spiro atoms. The third-order valence-corrected chi connectivity index (χ3v) is 11.6. The number of benzene rings is 8. The molecule has 0 amide bonds. The molecule has 0 saturated heterocycles. The number of hydrogen-bond donors (Lipinski definition) is 2. The molecule has 1 aliphatic rings. The highest BCUT2D eigenvalue weighted by Gasteiger charge is 2.26. The fourth-order valence-corrected chi connectivity index (χ4v) is 8.95. The Kier molecular flexibility index (Phi) is 7.03. The number of furan rings is 1. The monoisotopic (exact) mass is 733 g/mol. The molecular formula is C51H35N5O. The van der Waals surface area contributed by atoms with Crippen LogP contribution in [0.1, 0.15) is 29.0 Å². The van der Waals surface area contributed by atoms with Crippen LogP contribution in [0, 0.1) is 0 Å². The number of hydrogen-bond acceptors (Lipinski definition) is 4. The van der Waals surface area contributed by atoms with E-state index in [1.807, 2.05) is 18.2 Å². The van der Waals surface area contributed by atoms with Gasteiger partial charge in [-0.05, 0) is 71.8 Å². The van der Waals surface area contributed by atoms with E-state index in [0.717, 1.165) is 83.3 Å². The summed E-state index contributed by atoms with van der Waals surface area (Å²) in [4.78, 5) is 5.27. The van der Waals surface area contributed by atoms with Gasteiger partial charge in [0.15, 0.2) is 0 Å². The van der Waals surface area contributed by atoms with Crippen molar-refractivity contribution in [1.29, 1.82) is 0 Å². The van der Waals surface area contributed by atoms with Gasteiger partial charge in [0, 0.05) is 49.3 Å². The largest absolute Gasteiger partial charge is 0.456 e. The smallest absolute Gasteiger partial charge is 0.136 e. The molecule has 1 aliphatic heterocycles. The number of para-hydroxylation sites is 3. The average molecular weight is 734 g/mol. The van der Waals surface area contributed by atoms with E-state index >= 15 is 0 Å². The van der Waals surface area contributed by atoms with Crippen molar-refractivity contribution in [3.05, 3.63) is 205 Å². The molecule has 270 valence electrons. The highest BCUT2D eigenvalue weighted by atomic mass is 16.3. The third kappa shape index (κ3) is 5.04. The Bertz CT molecular complexity index is 3360. The maximum atomic E-state index is 6.44. The minimum Gasteiger partial charge on any atom is -0.456 e. The van der Waals surface area contributed by atoms with Gasteiger partial charge in [0.05, 0.1) is 22.1 Å². The standard InChI is InChI=1S/C51H35N5O/c1-4-15-32(16-5-1)49-52-50(33-17-6-2-7-18-33)54-51(53-49)34-19-14-22-36(27-34)56-43-25-12-10-23-37(43)39-28-40-41-30-48-42(38-24-11-13-26-47(38)57-48)29-44(41)55(46(40)31-45(39)56)35-20-8-3-9-21-35/h1-31,49-50,52H,(H,53,54). The summed E-state index contributed by atoms with van der Waals surface area (Å²) in [5.74, 6) is 0.850. The molecule has 0 fully saturated rings. The number of aromatic nitrogens is 2. The summed E-state index contributed by atoms with van der Waals surface area (Å²) >= 11 is 0. The molecule has 0 bridgehead atoms. The molecule has 12 rings (SSSR count). The number of nitrogens with zero attached hydrogens (tertiary/aromatic N) is 3. The van der Waals surface area contributed by atoms with Crippen LogP contribution in [0.15, 0.2) is 197 Å². The van der Waals surface area contributed by atoms with Crippen molar-refractivity contribution >= 4 is 71.4 Å². The van der Waals surface area contributed by atoms with Crippen molar-refractivity contribution < 1.29 is 4.42 Å². The Morgan fingerprint density at radius 1 is 0.421 bits per heavy atom. The topological polar surface area (TPSA) is 59.4 Å². The van der Waals surface area contributed by atoms with Crippen molar-refractivity contribution in [2.24, 2.45) is 4.99 Å². The van der Waals surface area contributed by atoms with Crippen LogP contribution in [0.5, 0.6) is 0 Å². The van der Waals surface area contributed by atoms with Crippen LogP contribution in [0.3, 0.4) is 0 Å². The predicted molar refractivity (Wildman–Crippen MR) is 234 cm³/mol. The summed E-state index contributed by atoms with van der Waals surface area (Å²) < 4.78 is 11.3. The molecule has 6 heteroatoms. The first-order valence-electron chi connectivity index (χ1n) is 19.4. The second-order valence-corrected chi connectivity index (χ2v) is 14.9. The van der Waals surface area contributed by atoms with Crippen LogP contribution in [0.25, 0.3) is 76.9 Å². The van der Waals surface area contributed by atoms with Gasteiger partial charge < -0.3 is 18.9 Å². The minimum atomic E-state index is -0.210. The van der Waals surface area contributed by atoms with Crippen molar-refractivity contribution in [2.45, 2.75) is 12.3 Å². The maximum Gasteiger partial charge on any atom is 0.136 e. The molecule has 6 nitrogen and oxygen atoms in total. The SMILES string of the molecule is c1ccc(C2N=C(c3cccc(-n4c5ccccc5c5cc6c7cc8oc9ccccc9c8cc7n(-c7ccccc7)c6cc54)c3)NC(c3ccccc3)N2)cc1. The Balaban J connectivity index is 1.08. The first-order valence-corrected chi connectivity index (χ1v) is 19.4. The minimum absolute atomic E-state index is 0.116. The van der Waals surface area contributed by atoms with Crippen LogP contribution in [-0.4, -0.2) is 15.0 Å². The Morgan fingerprint density at radius 2 is 1.04 bits per heavy atom. The van der Waals surface area contributed by atoms with Gasteiger partial charge in [0.2, 0.25) is 0 Å². The number of amidine groups is 1. The van der Waals surface area contributed by atoms with E-state index < -0.39 is 0 Å². The van der Waals surface area contributed by atoms with E-state index in [0.29, 0.717) is 0 Å². The molecule has 2 N–H and O–H groups in total. The van der Waals surface area contributed by atoms with Crippen LogP contribution in [0.2, 0.25) is 0 Å². The van der Waals surface area contributed by atoms with Crippen molar-refractivity contribution in [3.63, 3.8) is 0 Å². The van der Waals surface area contributed by atoms with Crippen LogP contribution in [0.4, 0.5) is 0 Å². The zero-order valence-corrected chi connectivity index (χ0v) is 30.8. The Morgan fingerprint density at radius 3 is 1.84 bits per heavy atom. The van der Waals surface area contributed by atoms with Crippen LogP contribution < -0.4 is 10.6 Å². The number of rotatable bonds is 5. The zero-order valence-electron chi connectivity index (χ0n) is 30.8. The molecule has 3 aromatic heterocycles. The predicted octanol–water partition coefficient (Wildman–Crippen LogP) is 12.1. The molecule has 0 radical (unpaired) electrons. The van der Waals surface area contributed by atoms with Gasteiger partial charge in [-0.3, -0.25) is 5.32 Å². The van der Waals surface area contributed by atoms with Crippen LogP contribution >= 0.6 is 0 Å². The first-order chi connectivity index (χ1) is 28.2. The second kappa shape index (κ2) is 12.6. The molecular weight excluding hydrogens is 699 g/mol. The van der Waals surface area contributed by atoms with Gasteiger partial charge in [0.25, 0.3) is 0 Å². The lowest BCUT2D eigenvalue weighted by Gasteiger charge is -2.32. The molecule has 2 unspecified atom stereocenters. The van der Waals surface area contributed by atoms with Gasteiger partial charge >= 0.3 is 0 Å². The summed E-state index contributed by atoms with van der Waals surface area (Å²) in [7, 11) is 0. The normalized spacial score (nSPS) is 15.9. The molecule has 4 heterocycles. The van der Waals surface area contributed by atoms with Gasteiger partial charge in [-0.15, -0.1) is 0 Å². The van der Waals surface area contributed by atoms with E-state index in [9.17, 15) is 0 Å². The molecule has 0 saturated carbocycles. The van der Waals surface area contributed by atoms with E-state index in [2.05, 4.69) is 190 Å². The summed E-state index contributed by atoms with van der Waals surface area (Å²) in [6.07, 6.45) is -0.327. The lowest BCUT2D eigenvalue weighted by molar-refractivity contribution is 0.409. The summed E-state index contributed by atoms with van der Waals surface area (Å²) in [6.45, 7) is 0. The van der Waals surface area contributed by atoms with Gasteiger partial charge in [-0.1, -0.05) is 127 Å². The van der Waals surface area contributed by atoms with Crippen molar-refractivity contribution in [3.8, 4) is 11.4 Å². The third-order valence-electron chi connectivity index (χ3n) is 11.6. The Labute approximate surface area is 327 Å². The second-order valence-electron chi connectivity index (χ2n) is 14.9. The molecule has 0 aliphatic carbocycles. The molecule has 2 atom stereocenters. The van der Waals surface area contributed by atoms with E-state index in [4.69, 9.17) is 9.41 Å². The number of nitrogens with one attached hydrogen (secondary N) is 2. The molecule has 57 heavy (non-hydrogen) atoms. The number of aliphatic imine (C=N–C) groups is 1. The van der Waals surface area contributed by atoms with Crippen molar-refractivity contribution in [2.75, 3.05) is 0 Å². The highest BCUT2D eigenvalue weighted by molar-refractivity contribution is 6.22. The molecule has 11 aromatic rings. The van der Waals surface area contributed by atoms with Gasteiger partial charge in [0.1, 0.15) is 29.3 Å².